The van der Waals surface area contributed by atoms with Gasteiger partial charge in [0.15, 0.2) is 0 Å². The lowest BCUT2D eigenvalue weighted by molar-refractivity contribution is -0.137. The number of hydrogen-bond acceptors (Lipinski definition) is 2. The molecule has 0 saturated carbocycles. The highest BCUT2D eigenvalue weighted by atomic mass is 16.4. The van der Waals surface area contributed by atoms with Crippen molar-refractivity contribution >= 4 is 12.0 Å². The summed E-state index contributed by atoms with van der Waals surface area (Å²) in [4.78, 5) is 23.7. The van der Waals surface area contributed by atoms with Crippen LogP contribution in [0.1, 0.15) is 40.0 Å². The van der Waals surface area contributed by atoms with Crippen LogP contribution >= 0.6 is 0 Å². The van der Waals surface area contributed by atoms with Gasteiger partial charge in [0.25, 0.3) is 0 Å². The summed E-state index contributed by atoms with van der Waals surface area (Å²) in [6.07, 6.45) is 2.07. The van der Waals surface area contributed by atoms with Crippen molar-refractivity contribution in [2.75, 3.05) is 19.6 Å². The van der Waals surface area contributed by atoms with E-state index in [4.69, 9.17) is 5.11 Å². The van der Waals surface area contributed by atoms with Gasteiger partial charge in [-0.25, -0.2) is 4.79 Å². The molecular formula is C12H24N2O3. The van der Waals surface area contributed by atoms with Gasteiger partial charge in [0.05, 0.1) is 6.42 Å². The summed E-state index contributed by atoms with van der Waals surface area (Å²) in [6, 6.07) is -0.166. The molecule has 0 aliphatic rings. The number of urea groups is 1. The van der Waals surface area contributed by atoms with Crippen LogP contribution < -0.4 is 5.32 Å². The monoisotopic (exact) mass is 244 g/mol. The second kappa shape index (κ2) is 8.84. The highest BCUT2D eigenvalue weighted by molar-refractivity contribution is 5.75. The molecule has 0 radical (unpaired) electrons. The lowest BCUT2D eigenvalue weighted by atomic mass is 10.0. The Morgan fingerprint density at radius 1 is 1.24 bits per heavy atom. The summed E-state index contributed by atoms with van der Waals surface area (Å²) in [5, 5.41) is 11.4. The first-order valence-corrected chi connectivity index (χ1v) is 6.29. The van der Waals surface area contributed by atoms with Gasteiger partial charge < -0.3 is 15.3 Å². The molecule has 0 spiro atoms. The molecule has 5 heteroatoms. The van der Waals surface area contributed by atoms with E-state index in [9.17, 15) is 9.59 Å². The molecular weight excluding hydrogens is 220 g/mol. The van der Waals surface area contributed by atoms with Gasteiger partial charge in [-0.1, -0.05) is 26.7 Å². The number of rotatable bonds is 8. The second-order valence-corrected chi connectivity index (χ2v) is 4.09. The average molecular weight is 244 g/mol. The standard InChI is InChI=1S/C12H24N2O3/c1-4-10(5-2)9-13-12(17)14(6-3)8-7-11(15)16/h10H,4-9H2,1-3H3,(H,13,17)(H,15,16). The van der Waals surface area contributed by atoms with Crippen LogP contribution in [0.2, 0.25) is 0 Å². The zero-order valence-electron chi connectivity index (χ0n) is 11.0. The van der Waals surface area contributed by atoms with E-state index in [0.717, 1.165) is 12.8 Å². The van der Waals surface area contributed by atoms with Crippen molar-refractivity contribution in [3.8, 4) is 0 Å². The predicted octanol–water partition coefficient (Wildman–Crippen LogP) is 1.93. The third-order valence-corrected chi connectivity index (χ3v) is 2.96. The normalized spacial score (nSPS) is 10.4. The molecule has 0 aliphatic carbocycles. The van der Waals surface area contributed by atoms with E-state index in [0.29, 0.717) is 19.0 Å². The highest BCUT2D eigenvalue weighted by Crippen LogP contribution is 2.05. The average Bonchev–Trinajstić information content (AvgIpc) is 2.30. The number of nitrogens with one attached hydrogen (secondary N) is 1. The van der Waals surface area contributed by atoms with Crippen molar-refractivity contribution in [1.29, 1.82) is 0 Å². The molecule has 0 unspecified atom stereocenters. The maximum Gasteiger partial charge on any atom is 0.317 e. The molecule has 0 heterocycles. The highest BCUT2D eigenvalue weighted by Gasteiger charge is 2.13. The summed E-state index contributed by atoms with van der Waals surface area (Å²) in [5.74, 6) is -0.381. The number of nitrogens with zero attached hydrogens (tertiary/aromatic N) is 1. The third kappa shape index (κ3) is 6.81. The number of carboxylic acids is 1. The summed E-state index contributed by atoms with van der Waals surface area (Å²) in [7, 11) is 0. The summed E-state index contributed by atoms with van der Waals surface area (Å²) < 4.78 is 0. The molecule has 0 aliphatic heterocycles. The zero-order chi connectivity index (χ0) is 13.3. The van der Waals surface area contributed by atoms with Gasteiger partial charge >= 0.3 is 12.0 Å². The third-order valence-electron chi connectivity index (χ3n) is 2.96. The van der Waals surface area contributed by atoms with Crippen LogP contribution in [-0.4, -0.2) is 41.6 Å². The second-order valence-electron chi connectivity index (χ2n) is 4.09. The molecule has 0 saturated heterocycles. The van der Waals surface area contributed by atoms with E-state index in [1.165, 1.54) is 4.90 Å². The molecule has 0 atom stereocenters. The Morgan fingerprint density at radius 3 is 2.24 bits per heavy atom. The SMILES string of the molecule is CCC(CC)CNC(=O)N(CC)CCC(=O)O. The van der Waals surface area contributed by atoms with Gasteiger partial charge in [0, 0.05) is 19.6 Å². The Labute approximate surface area is 103 Å². The fourth-order valence-corrected chi connectivity index (χ4v) is 1.55. The molecule has 0 fully saturated rings. The molecule has 0 rings (SSSR count). The van der Waals surface area contributed by atoms with Crippen molar-refractivity contribution in [3.63, 3.8) is 0 Å². The Morgan fingerprint density at radius 2 is 1.82 bits per heavy atom. The summed E-state index contributed by atoms with van der Waals surface area (Å²) >= 11 is 0. The first-order chi connectivity index (χ1) is 8.04. The van der Waals surface area contributed by atoms with Crippen molar-refractivity contribution in [3.05, 3.63) is 0 Å². The molecule has 100 valence electrons. The largest absolute Gasteiger partial charge is 0.481 e. The topological polar surface area (TPSA) is 69.6 Å². The molecule has 0 aromatic heterocycles. The number of aliphatic carboxylic acids is 1. The molecule has 0 bridgehead atoms. The van der Waals surface area contributed by atoms with E-state index in [1.807, 2.05) is 6.92 Å². The minimum atomic E-state index is -0.878. The van der Waals surface area contributed by atoms with E-state index in [1.54, 1.807) is 0 Å². The van der Waals surface area contributed by atoms with Gasteiger partial charge in [0.1, 0.15) is 0 Å². The van der Waals surface area contributed by atoms with E-state index in [2.05, 4.69) is 19.2 Å². The molecule has 0 aromatic carbocycles. The van der Waals surface area contributed by atoms with Crippen LogP contribution in [0.25, 0.3) is 0 Å². The molecule has 17 heavy (non-hydrogen) atoms. The van der Waals surface area contributed by atoms with Crippen LogP contribution in [0.4, 0.5) is 4.79 Å². The minimum absolute atomic E-state index is 0.00769. The minimum Gasteiger partial charge on any atom is -0.481 e. The number of carbonyl (C=O) groups is 2. The van der Waals surface area contributed by atoms with Crippen LogP contribution in [0, 0.1) is 5.92 Å². The molecule has 2 amide bonds. The molecule has 5 nitrogen and oxygen atoms in total. The Balaban J connectivity index is 4.03. The van der Waals surface area contributed by atoms with Gasteiger partial charge in [-0.15, -0.1) is 0 Å². The van der Waals surface area contributed by atoms with Crippen LogP contribution in [0.5, 0.6) is 0 Å². The number of hydrogen-bond donors (Lipinski definition) is 2. The van der Waals surface area contributed by atoms with Crippen LogP contribution in [-0.2, 0) is 4.79 Å². The maximum absolute atomic E-state index is 11.7. The molecule has 2 N–H and O–H groups in total. The maximum atomic E-state index is 11.7. The van der Waals surface area contributed by atoms with Crippen molar-refractivity contribution < 1.29 is 14.7 Å². The lowest BCUT2D eigenvalue weighted by Gasteiger charge is -2.22. The van der Waals surface area contributed by atoms with Crippen LogP contribution in [0.15, 0.2) is 0 Å². The zero-order valence-corrected chi connectivity index (χ0v) is 11.0. The smallest absolute Gasteiger partial charge is 0.317 e. The van der Waals surface area contributed by atoms with Crippen LogP contribution in [0.3, 0.4) is 0 Å². The van der Waals surface area contributed by atoms with Crippen molar-refractivity contribution in [2.45, 2.75) is 40.0 Å². The van der Waals surface area contributed by atoms with E-state index >= 15 is 0 Å². The first-order valence-electron chi connectivity index (χ1n) is 6.29. The van der Waals surface area contributed by atoms with Gasteiger partial charge in [-0.3, -0.25) is 4.79 Å². The fraction of sp³-hybridized carbons (Fsp3) is 0.833. The van der Waals surface area contributed by atoms with E-state index < -0.39 is 5.97 Å². The number of amides is 2. The van der Waals surface area contributed by atoms with Gasteiger partial charge in [-0.05, 0) is 12.8 Å². The number of carbonyl (C=O) groups excluding carboxylic acids is 1. The van der Waals surface area contributed by atoms with Gasteiger partial charge in [0.2, 0.25) is 0 Å². The van der Waals surface area contributed by atoms with Crippen molar-refractivity contribution in [1.82, 2.24) is 10.2 Å². The quantitative estimate of drug-likeness (QED) is 0.685. The van der Waals surface area contributed by atoms with Gasteiger partial charge in [-0.2, -0.15) is 0 Å². The summed E-state index contributed by atoms with van der Waals surface area (Å²) in [5.41, 5.74) is 0. The molecule has 0 aromatic rings. The Hall–Kier alpha value is -1.26. The Bertz CT molecular complexity index is 240. The fourth-order valence-electron chi connectivity index (χ4n) is 1.55. The first kappa shape index (κ1) is 15.7. The summed E-state index contributed by atoms with van der Waals surface area (Å²) in [6.45, 7) is 7.50. The predicted molar refractivity (Wildman–Crippen MR) is 67.0 cm³/mol. The van der Waals surface area contributed by atoms with E-state index in [-0.39, 0.29) is 19.0 Å². The lowest BCUT2D eigenvalue weighted by Crippen LogP contribution is -2.42. The Kier molecular flexibility index (Phi) is 8.19. The number of carboxylic acid groups (broad SMARTS) is 1. The van der Waals surface area contributed by atoms with Crippen molar-refractivity contribution in [2.24, 2.45) is 5.92 Å².